The zero-order valence-corrected chi connectivity index (χ0v) is 19.5. The van der Waals surface area contributed by atoms with E-state index in [1.807, 2.05) is 17.0 Å². The Morgan fingerprint density at radius 2 is 1.58 bits per heavy atom. The fourth-order valence-electron chi connectivity index (χ4n) is 3.78. The molecule has 9 heteroatoms. The topological polar surface area (TPSA) is 95.5 Å². The van der Waals surface area contributed by atoms with Crippen LogP contribution >= 0.6 is 0 Å². The predicted octanol–water partition coefficient (Wildman–Crippen LogP) is 3.18. The number of anilines is 2. The Kier molecular flexibility index (Phi) is 6.71. The molecule has 0 radical (unpaired) electrons. The number of nitrogens with zero attached hydrogens (tertiary/aromatic N) is 4. The molecule has 1 amide bonds. The van der Waals surface area contributed by atoms with Crippen molar-refractivity contribution in [2.75, 3.05) is 36.4 Å². The van der Waals surface area contributed by atoms with Gasteiger partial charge in [-0.2, -0.15) is 4.31 Å². The van der Waals surface area contributed by atoms with E-state index < -0.39 is 10.0 Å². The Morgan fingerprint density at radius 1 is 0.909 bits per heavy atom. The van der Waals surface area contributed by atoms with Gasteiger partial charge in [0.2, 0.25) is 15.9 Å². The van der Waals surface area contributed by atoms with Crippen molar-refractivity contribution < 1.29 is 13.2 Å². The van der Waals surface area contributed by atoms with E-state index in [0.717, 1.165) is 23.5 Å². The molecule has 0 spiro atoms. The van der Waals surface area contributed by atoms with E-state index in [2.05, 4.69) is 46.7 Å². The van der Waals surface area contributed by atoms with Gasteiger partial charge in [-0.25, -0.2) is 8.42 Å². The van der Waals surface area contributed by atoms with Gasteiger partial charge in [-0.15, -0.1) is 10.2 Å². The SMILES string of the molecule is CCc1ccc(-c2ccc(N3CCN(S(=O)(=O)c4ccc(NC(C)=O)cc4)CC3)nn2)cc1. The number of hydrogen-bond acceptors (Lipinski definition) is 6. The Morgan fingerprint density at radius 3 is 2.12 bits per heavy atom. The molecule has 1 aliphatic rings. The second kappa shape index (κ2) is 9.68. The maximum Gasteiger partial charge on any atom is 0.243 e. The minimum absolute atomic E-state index is 0.202. The number of hydrogen-bond donors (Lipinski definition) is 1. The summed E-state index contributed by atoms with van der Waals surface area (Å²) in [7, 11) is -3.60. The first-order chi connectivity index (χ1) is 15.9. The van der Waals surface area contributed by atoms with E-state index in [0.29, 0.717) is 31.9 Å². The van der Waals surface area contributed by atoms with Gasteiger partial charge in [0, 0.05) is 44.4 Å². The van der Waals surface area contributed by atoms with Gasteiger partial charge in [0.1, 0.15) is 0 Å². The highest BCUT2D eigenvalue weighted by Gasteiger charge is 2.29. The lowest BCUT2D eigenvalue weighted by Gasteiger charge is -2.34. The highest BCUT2D eigenvalue weighted by molar-refractivity contribution is 7.89. The largest absolute Gasteiger partial charge is 0.352 e. The monoisotopic (exact) mass is 465 g/mol. The molecule has 2 heterocycles. The summed E-state index contributed by atoms with van der Waals surface area (Å²) in [6.07, 6.45) is 0.995. The third kappa shape index (κ3) is 5.20. The van der Waals surface area contributed by atoms with E-state index in [-0.39, 0.29) is 10.8 Å². The van der Waals surface area contributed by atoms with Crippen LogP contribution in [0.25, 0.3) is 11.3 Å². The number of carbonyl (C=O) groups is 1. The van der Waals surface area contributed by atoms with Crippen molar-refractivity contribution >= 4 is 27.4 Å². The first-order valence-corrected chi connectivity index (χ1v) is 12.4. The standard InChI is InChI=1S/C24H27N5O3S/c1-3-19-4-6-20(7-5-19)23-12-13-24(27-26-23)28-14-16-29(17-15-28)33(31,32)22-10-8-21(9-11-22)25-18(2)30/h4-13H,3,14-17H2,1-2H3,(H,25,30). The van der Waals surface area contributed by atoms with Gasteiger partial charge in [0.05, 0.1) is 10.6 Å². The molecule has 0 unspecified atom stereocenters. The lowest BCUT2D eigenvalue weighted by atomic mass is 10.1. The number of benzene rings is 2. The predicted molar refractivity (Wildman–Crippen MR) is 129 cm³/mol. The minimum Gasteiger partial charge on any atom is -0.352 e. The first-order valence-electron chi connectivity index (χ1n) is 10.9. The summed E-state index contributed by atoms with van der Waals surface area (Å²) in [5, 5.41) is 11.4. The number of piperazine rings is 1. The van der Waals surface area contributed by atoms with E-state index in [1.165, 1.54) is 28.9 Å². The molecule has 33 heavy (non-hydrogen) atoms. The number of amides is 1. The van der Waals surface area contributed by atoms with E-state index in [9.17, 15) is 13.2 Å². The van der Waals surface area contributed by atoms with Crippen LogP contribution in [0, 0.1) is 0 Å². The highest BCUT2D eigenvalue weighted by Crippen LogP contribution is 2.23. The maximum atomic E-state index is 13.0. The van der Waals surface area contributed by atoms with Gasteiger partial charge in [0.25, 0.3) is 0 Å². The van der Waals surface area contributed by atoms with Gasteiger partial charge < -0.3 is 10.2 Å². The molecular weight excluding hydrogens is 438 g/mol. The van der Waals surface area contributed by atoms with Gasteiger partial charge in [-0.1, -0.05) is 31.2 Å². The second-order valence-electron chi connectivity index (χ2n) is 7.92. The fourth-order valence-corrected chi connectivity index (χ4v) is 5.20. The number of carbonyl (C=O) groups excluding carboxylic acids is 1. The molecule has 0 bridgehead atoms. The van der Waals surface area contributed by atoms with Crippen LogP contribution in [0.2, 0.25) is 0 Å². The molecule has 1 aliphatic heterocycles. The minimum atomic E-state index is -3.60. The quantitative estimate of drug-likeness (QED) is 0.601. The van der Waals surface area contributed by atoms with Gasteiger partial charge in [-0.05, 0) is 48.4 Å². The molecular formula is C24H27N5O3S. The van der Waals surface area contributed by atoms with Crippen molar-refractivity contribution in [3.05, 3.63) is 66.2 Å². The molecule has 0 atom stereocenters. The molecule has 1 aromatic heterocycles. The number of aryl methyl sites for hydroxylation is 1. The van der Waals surface area contributed by atoms with Crippen LogP contribution in [0.5, 0.6) is 0 Å². The molecule has 8 nitrogen and oxygen atoms in total. The van der Waals surface area contributed by atoms with Crippen molar-refractivity contribution in [1.29, 1.82) is 0 Å². The van der Waals surface area contributed by atoms with Crippen molar-refractivity contribution in [1.82, 2.24) is 14.5 Å². The van der Waals surface area contributed by atoms with Crippen molar-refractivity contribution in [2.45, 2.75) is 25.2 Å². The van der Waals surface area contributed by atoms with Crippen molar-refractivity contribution in [3.8, 4) is 11.3 Å². The van der Waals surface area contributed by atoms with Crippen molar-refractivity contribution in [3.63, 3.8) is 0 Å². The van der Waals surface area contributed by atoms with Crippen LogP contribution in [0.1, 0.15) is 19.4 Å². The zero-order valence-electron chi connectivity index (χ0n) is 18.7. The highest BCUT2D eigenvalue weighted by atomic mass is 32.2. The van der Waals surface area contributed by atoms with Crippen LogP contribution < -0.4 is 10.2 Å². The molecule has 0 saturated carbocycles. The molecule has 2 aromatic carbocycles. The van der Waals surface area contributed by atoms with E-state index >= 15 is 0 Å². The Hall–Kier alpha value is -3.30. The first kappa shape index (κ1) is 22.9. The Balaban J connectivity index is 1.39. The molecule has 3 aromatic rings. The lowest BCUT2D eigenvalue weighted by molar-refractivity contribution is -0.114. The van der Waals surface area contributed by atoms with Crippen LogP contribution in [0.15, 0.2) is 65.6 Å². The molecule has 1 N–H and O–H groups in total. The lowest BCUT2D eigenvalue weighted by Crippen LogP contribution is -2.49. The number of aromatic nitrogens is 2. The average Bonchev–Trinajstić information content (AvgIpc) is 2.84. The van der Waals surface area contributed by atoms with Gasteiger partial charge >= 0.3 is 0 Å². The number of rotatable bonds is 6. The van der Waals surface area contributed by atoms with Gasteiger partial charge in [0.15, 0.2) is 5.82 Å². The fraction of sp³-hybridized carbons (Fsp3) is 0.292. The van der Waals surface area contributed by atoms with E-state index in [4.69, 9.17) is 0 Å². The van der Waals surface area contributed by atoms with Gasteiger partial charge in [-0.3, -0.25) is 4.79 Å². The Bertz CT molecular complexity index is 1200. The maximum absolute atomic E-state index is 13.0. The summed E-state index contributed by atoms with van der Waals surface area (Å²) in [4.78, 5) is 13.4. The molecule has 0 aliphatic carbocycles. The van der Waals surface area contributed by atoms with Crippen LogP contribution in [0.3, 0.4) is 0 Å². The summed E-state index contributed by atoms with van der Waals surface area (Å²) in [5.74, 6) is 0.535. The van der Waals surface area contributed by atoms with Crippen LogP contribution in [-0.2, 0) is 21.2 Å². The Labute approximate surface area is 194 Å². The third-order valence-corrected chi connectivity index (χ3v) is 7.60. The van der Waals surface area contributed by atoms with E-state index in [1.54, 1.807) is 12.1 Å². The molecule has 1 fully saturated rings. The second-order valence-corrected chi connectivity index (χ2v) is 9.86. The zero-order chi connectivity index (χ0) is 23.4. The number of nitrogens with one attached hydrogen (secondary N) is 1. The van der Waals surface area contributed by atoms with Crippen molar-refractivity contribution in [2.24, 2.45) is 0 Å². The molecule has 4 rings (SSSR count). The summed E-state index contributed by atoms with van der Waals surface area (Å²) in [6, 6.07) is 18.4. The summed E-state index contributed by atoms with van der Waals surface area (Å²) in [5.41, 5.74) is 3.67. The third-order valence-electron chi connectivity index (χ3n) is 5.68. The van der Waals surface area contributed by atoms with Crippen LogP contribution in [-0.4, -0.2) is 55.0 Å². The summed E-state index contributed by atoms with van der Waals surface area (Å²) >= 11 is 0. The normalized spacial score (nSPS) is 14.8. The smallest absolute Gasteiger partial charge is 0.243 e. The summed E-state index contributed by atoms with van der Waals surface area (Å²) in [6.45, 7) is 5.31. The summed E-state index contributed by atoms with van der Waals surface area (Å²) < 4.78 is 27.5. The average molecular weight is 466 g/mol. The molecule has 172 valence electrons. The number of sulfonamides is 1. The van der Waals surface area contributed by atoms with Crippen LogP contribution in [0.4, 0.5) is 11.5 Å². The molecule has 1 saturated heterocycles.